The summed E-state index contributed by atoms with van der Waals surface area (Å²) in [6.07, 6.45) is 3.77. The molecule has 10 nitrogen and oxygen atoms in total. The van der Waals surface area contributed by atoms with Gasteiger partial charge in [-0.25, -0.2) is 14.8 Å². The zero-order valence-corrected chi connectivity index (χ0v) is 19.8. The highest BCUT2D eigenvalue weighted by atomic mass is 32.2. The summed E-state index contributed by atoms with van der Waals surface area (Å²) in [7, 11) is 0. The molecule has 2 N–H and O–H groups in total. The van der Waals surface area contributed by atoms with E-state index in [1.54, 1.807) is 39.2 Å². The highest BCUT2D eigenvalue weighted by Crippen LogP contribution is 2.18. The van der Waals surface area contributed by atoms with E-state index >= 15 is 0 Å². The van der Waals surface area contributed by atoms with Crippen molar-refractivity contribution in [3.05, 3.63) is 36.7 Å². The van der Waals surface area contributed by atoms with Crippen LogP contribution < -0.4 is 10.6 Å². The quantitative estimate of drug-likeness (QED) is 0.218. The zero-order chi connectivity index (χ0) is 24.1. The van der Waals surface area contributed by atoms with Crippen molar-refractivity contribution < 1.29 is 23.9 Å². The molecule has 0 aliphatic heterocycles. The maximum atomic E-state index is 11.9. The number of rotatable bonds is 11. The van der Waals surface area contributed by atoms with Crippen LogP contribution in [0.4, 0.5) is 4.79 Å². The molecule has 0 saturated heterocycles. The Hall–Kier alpha value is -3.21. The van der Waals surface area contributed by atoms with Crippen molar-refractivity contribution in [2.24, 2.45) is 5.41 Å². The Kier molecular flexibility index (Phi) is 10.5. The largest absolute Gasteiger partial charge is 0.465 e. The summed E-state index contributed by atoms with van der Waals surface area (Å²) in [5.41, 5.74) is 0.833. The summed E-state index contributed by atoms with van der Waals surface area (Å²) in [5.74, 6) is -0.638. The number of hydrogen-bond donors (Lipinski definition) is 2. The lowest BCUT2D eigenvalue weighted by Gasteiger charge is -2.16. The lowest BCUT2D eigenvalue weighted by atomic mass is 9.97. The van der Waals surface area contributed by atoms with Crippen LogP contribution in [0.15, 0.2) is 41.8 Å². The third-order valence-corrected chi connectivity index (χ3v) is 4.82. The van der Waals surface area contributed by atoms with Crippen LogP contribution in [0.5, 0.6) is 0 Å². The third-order valence-electron chi connectivity index (χ3n) is 3.98. The number of thioether (sulfide) groups is 1. The second-order valence-electron chi connectivity index (χ2n) is 7.87. The van der Waals surface area contributed by atoms with E-state index in [1.165, 1.54) is 11.8 Å². The van der Waals surface area contributed by atoms with Crippen LogP contribution in [-0.4, -0.2) is 65.0 Å². The summed E-state index contributed by atoms with van der Waals surface area (Å²) in [6.45, 7) is 6.11. The standard InChI is InChI=1S/C22H29N5O5S/c1-22(2,3)19(29)32-14-12-25-20(30)24-10-6-13-31-18(28)15-33-21-26-11-8-17(27-21)16-7-4-5-9-23-16/h4-5,7-9,11H,6,10,12-15H2,1-3H3,(H2,24,25,30). The SMILES string of the molecule is CC(C)(C)C(=O)OCCNC(=O)NCCCOC(=O)CSc1nccc(-c2ccccn2)n1. The Morgan fingerprint density at radius 3 is 2.45 bits per heavy atom. The van der Waals surface area contributed by atoms with Gasteiger partial charge in [0.2, 0.25) is 0 Å². The Morgan fingerprint density at radius 2 is 1.73 bits per heavy atom. The maximum absolute atomic E-state index is 11.9. The van der Waals surface area contributed by atoms with Gasteiger partial charge in [-0.15, -0.1) is 0 Å². The summed E-state index contributed by atoms with van der Waals surface area (Å²) < 4.78 is 10.2. The van der Waals surface area contributed by atoms with Crippen molar-refractivity contribution in [2.75, 3.05) is 32.1 Å². The minimum absolute atomic E-state index is 0.0763. The number of carbonyl (C=O) groups is 3. The lowest BCUT2D eigenvalue weighted by Crippen LogP contribution is -2.38. The molecule has 33 heavy (non-hydrogen) atoms. The first-order valence-corrected chi connectivity index (χ1v) is 11.5. The fourth-order valence-corrected chi connectivity index (χ4v) is 2.91. The van der Waals surface area contributed by atoms with E-state index in [0.29, 0.717) is 23.8 Å². The predicted molar refractivity (Wildman–Crippen MR) is 123 cm³/mol. The number of ether oxygens (including phenoxy) is 2. The Labute approximate surface area is 197 Å². The van der Waals surface area contributed by atoms with Crippen molar-refractivity contribution in [3.8, 4) is 11.4 Å². The molecule has 0 aromatic carbocycles. The van der Waals surface area contributed by atoms with Gasteiger partial charge in [0.25, 0.3) is 0 Å². The topological polar surface area (TPSA) is 132 Å². The van der Waals surface area contributed by atoms with Crippen molar-refractivity contribution in [3.63, 3.8) is 0 Å². The van der Waals surface area contributed by atoms with E-state index in [1.807, 2.05) is 18.2 Å². The van der Waals surface area contributed by atoms with Gasteiger partial charge in [-0.3, -0.25) is 14.6 Å². The van der Waals surface area contributed by atoms with Gasteiger partial charge in [-0.2, -0.15) is 0 Å². The van der Waals surface area contributed by atoms with Crippen LogP contribution in [0.3, 0.4) is 0 Å². The normalized spacial score (nSPS) is 10.9. The molecule has 2 rings (SSSR count). The number of aromatic nitrogens is 3. The van der Waals surface area contributed by atoms with Gasteiger partial charge in [0.05, 0.1) is 35.7 Å². The molecular formula is C22H29N5O5S. The first-order valence-electron chi connectivity index (χ1n) is 10.5. The molecule has 0 unspecified atom stereocenters. The number of nitrogens with zero attached hydrogens (tertiary/aromatic N) is 3. The molecule has 0 radical (unpaired) electrons. The number of carbonyl (C=O) groups excluding carboxylic acids is 3. The first kappa shape index (κ1) is 26.0. The van der Waals surface area contributed by atoms with E-state index in [2.05, 4.69) is 25.6 Å². The second-order valence-corrected chi connectivity index (χ2v) is 8.81. The fourth-order valence-electron chi connectivity index (χ4n) is 2.28. The molecule has 0 aliphatic rings. The molecule has 0 fully saturated rings. The minimum atomic E-state index is -0.575. The number of pyridine rings is 1. The van der Waals surface area contributed by atoms with E-state index < -0.39 is 11.4 Å². The number of esters is 2. The molecule has 178 valence electrons. The fraction of sp³-hybridized carbons (Fsp3) is 0.455. The van der Waals surface area contributed by atoms with Crippen LogP contribution in [0.1, 0.15) is 27.2 Å². The van der Waals surface area contributed by atoms with Gasteiger partial charge in [0.15, 0.2) is 5.16 Å². The van der Waals surface area contributed by atoms with E-state index in [9.17, 15) is 14.4 Å². The summed E-state index contributed by atoms with van der Waals surface area (Å²) in [5, 5.41) is 5.69. The molecule has 2 amide bonds. The predicted octanol–water partition coefficient (Wildman–Crippen LogP) is 2.45. The van der Waals surface area contributed by atoms with Crippen LogP contribution in [0.2, 0.25) is 0 Å². The van der Waals surface area contributed by atoms with Crippen molar-refractivity contribution in [1.82, 2.24) is 25.6 Å². The Morgan fingerprint density at radius 1 is 0.939 bits per heavy atom. The number of amides is 2. The number of urea groups is 1. The summed E-state index contributed by atoms with van der Waals surface area (Å²) >= 11 is 1.18. The van der Waals surface area contributed by atoms with Gasteiger partial charge >= 0.3 is 18.0 Å². The molecule has 11 heteroatoms. The smallest absolute Gasteiger partial charge is 0.316 e. The molecule has 2 heterocycles. The average molecular weight is 476 g/mol. The minimum Gasteiger partial charge on any atom is -0.465 e. The molecule has 0 saturated carbocycles. The van der Waals surface area contributed by atoms with Gasteiger partial charge in [-0.1, -0.05) is 17.8 Å². The molecule has 0 spiro atoms. The van der Waals surface area contributed by atoms with Crippen LogP contribution >= 0.6 is 11.8 Å². The van der Waals surface area contributed by atoms with Gasteiger partial charge < -0.3 is 20.1 Å². The third kappa shape index (κ3) is 10.3. The van der Waals surface area contributed by atoms with Crippen LogP contribution in [0, 0.1) is 5.41 Å². The molecule has 0 atom stereocenters. The Balaban J connectivity index is 1.54. The molecular weight excluding hydrogens is 446 g/mol. The van der Waals surface area contributed by atoms with E-state index in [4.69, 9.17) is 9.47 Å². The van der Waals surface area contributed by atoms with E-state index in [-0.39, 0.29) is 37.5 Å². The summed E-state index contributed by atoms with van der Waals surface area (Å²) in [4.78, 5) is 48.0. The van der Waals surface area contributed by atoms with E-state index in [0.717, 1.165) is 5.69 Å². The van der Waals surface area contributed by atoms with Crippen molar-refractivity contribution >= 4 is 29.7 Å². The molecule has 2 aromatic heterocycles. The Bertz CT molecular complexity index is 921. The van der Waals surface area contributed by atoms with Gasteiger partial charge in [0.1, 0.15) is 6.61 Å². The number of nitrogens with one attached hydrogen (secondary N) is 2. The zero-order valence-electron chi connectivity index (χ0n) is 19.0. The van der Waals surface area contributed by atoms with Crippen LogP contribution in [-0.2, 0) is 19.1 Å². The average Bonchev–Trinajstić information content (AvgIpc) is 2.80. The molecule has 0 aliphatic carbocycles. The monoisotopic (exact) mass is 475 g/mol. The maximum Gasteiger partial charge on any atom is 0.316 e. The summed E-state index contributed by atoms with van der Waals surface area (Å²) in [6, 6.07) is 6.92. The van der Waals surface area contributed by atoms with Crippen LogP contribution in [0.25, 0.3) is 11.4 Å². The lowest BCUT2D eigenvalue weighted by molar-refractivity contribution is -0.152. The van der Waals surface area contributed by atoms with Gasteiger partial charge in [-0.05, 0) is 45.4 Å². The molecule has 2 aromatic rings. The van der Waals surface area contributed by atoms with Gasteiger partial charge in [0, 0.05) is 18.9 Å². The van der Waals surface area contributed by atoms with Crippen molar-refractivity contribution in [1.29, 1.82) is 0 Å². The second kappa shape index (κ2) is 13.4. The van der Waals surface area contributed by atoms with Crippen molar-refractivity contribution in [2.45, 2.75) is 32.3 Å². The molecule has 0 bridgehead atoms. The highest BCUT2D eigenvalue weighted by molar-refractivity contribution is 7.99. The first-order chi connectivity index (χ1) is 15.8. The number of hydrogen-bond acceptors (Lipinski definition) is 9. The highest BCUT2D eigenvalue weighted by Gasteiger charge is 2.22.